The number of likely N-dealkylation sites (tertiary alicyclic amines) is 1. The molecule has 3 rings (SSSR count). The molecule has 2 N–H and O–H groups in total. The number of benzene rings is 1. The minimum atomic E-state index is -3.31. The van der Waals surface area contributed by atoms with Crippen LogP contribution < -0.4 is 10.0 Å². The zero-order valence-corrected chi connectivity index (χ0v) is 17.1. The number of nitrogens with zero attached hydrogens (tertiary/aromatic N) is 2. The lowest BCUT2D eigenvalue weighted by molar-refractivity contribution is -0.122. The number of amides is 1. The van der Waals surface area contributed by atoms with Crippen LogP contribution in [0, 0.1) is 12.3 Å². The van der Waals surface area contributed by atoms with E-state index in [1.54, 1.807) is 24.3 Å². The summed E-state index contributed by atoms with van der Waals surface area (Å²) in [6, 6.07) is 6.69. The van der Waals surface area contributed by atoms with Crippen LogP contribution in [-0.2, 0) is 14.8 Å². The second kappa shape index (κ2) is 8.73. The van der Waals surface area contributed by atoms with Gasteiger partial charge in [0.25, 0.3) is 0 Å². The summed E-state index contributed by atoms with van der Waals surface area (Å²) in [6.45, 7) is 1.30. The zero-order chi connectivity index (χ0) is 20.1. The van der Waals surface area contributed by atoms with Crippen LogP contribution in [0.2, 0.25) is 0 Å². The van der Waals surface area contributed by atoms with E-state index in [1.807, 2.05) is 10.3 Å². The van der Waals surface area contributed by atoms with Crippen LogP contribution in [0.1, 0.15) is 19.3 Å². The minimum absolute atomic E-state index is 0.0800. The fourth-order valence-corrected chi connectivity index (χ4v) is 4.46. The first-order valence-corrected chi connectivity index (χ1v) is 11.6. The second-order valence-corrected chi connectivity index (χ2v) is 9.27. The van der Waals surface area contributed by atoms with Crippen molar-refractivity contribution >= 4 is 38.1 Å². The molecule has 0 aliphatic carbocycles. The molecule has 1 aromatic carbocycles. The van der Waals surface area contributed by atoms with Gasteiger partial charge in [-0.2, -0.15) is 0 Å². The van der Waals surface area contributed by atoms with E-state index in [9.17, 15) is 13.2 Å². The summed E-state index contributed by atoms with van der Waals surface area (Å²) in [4.78, 5) is 19.2. The van der Waals surface area contributed by atoms with Gasteiger partial charge in [-0.15, -0.1) is 17.8 Å². The van der Waals surface area contributed by atoms with Gasteiger partial charge in [0.15, 0.2) is 5.13 Å². The van der Waals surface area contributed by atoms with Crippen LogP contribution in [0.3, 0.4) is 0 Å². The first-order chi connectivity index (χ1) is 13.4. The predicted octanol–water partition coefficient (Wildman–Crippen LogP) is 2.61. The van der Waals surface area contributed by atoms with Gasteiger partial charge in [-0.25, -0.2) is 13.4 Å². The molecule has 0 radical (unpaired) electrons. The molecule has 2 heterocycles. The Morgan fingerprint density at radius 3 is 2.79 bits per heavy atom. The van der Waals surface area contributed by atoms with Crippen molar-refractivity contribution in [2.24, 2.45) is 0 Å². The van der Waals surface area contributed by atoms with Gasteiger partial charge in [0.05, 0.1) is 24.5 Å². The highest BCUT2D eigenvalue weighted by molar-refractivity contribution is 7.92. The average Bonchev–Trinajstić information content (AvgIpc) is 3.10. The predicted molar refractivity (Wildman–Crippen MR) is 113 cm³/mol. The Hall–Kier alpha value is -2.41. The molecule has 7 nitrogen and oxygen atoms in total. The van der Waals surface area contributed by atoms with Crippen molar-refractivity contribution in [1.29, 1.82) is 0 Å². The van der Waals surface area contributed by atoms with Crippen molar-refractivity contribution in [3.63, 3.8) is 0 Å². The maximum atomic E-state index is 12.7. The van der Waals surface area contributed by atoms with Crippen LogP contribution in [0.25, 0.3) is 11.3 Å². The van der Waals surface area contributed by atoms with Gasteiger partial charge in [-0.1, -0.05) is 24.5 Å². The number of piperidine rings is 1. The number of hydrogen-bond acceptors (Lipinski definition) is 6. The van der Waals surface area contributed by atoms with Crippen LogP contribution >= 0.6 is 11.3 Å². The number of terminal acetylenes is 1. The van der Waals surface area contributed by atoms with Gasteiger partial charge in [0.2, 0.25) is 15.9 Å². The molecule has 1 atom stereocenters. The molecule has 1 unspecified atom stereocenters. The van der Waals surface area contributed by atoms with Crippen molar-refractivity contribution < 1.29 is 13.2 Å². The minimum Gasteiger partial charge on any atom is -0.301 e. The lowest BCUT2D eigenvalue weighted by atomic mass is 10.0. The third-order valence-corrected chi connectivity index (χ3v) is 5.79. The summed E-state index contributed by atoms with van der Waals surface area (Å²) >= 11 is 1.35. The molecule has 0 saturated carbocycles. The standard InChI is InChI=1S/C19H22N4O3S2/c1-3-11-23-12-5-4-6-17(23)18(24)21-19-20-16(13-27-19)14-7-9-15(10-8-14)22-28(2,25)26/h1,7-10,13,17,22H,4-6,11-12H2,2H3,(H,20,21,24). The van der Waals surface area contributed by atoms with Gasteiger partial charge in [-0.05, 0) is 31.5 Å². The molecule has 1 aliphatic rings. The summed E-state index contributed by atoms with van der Waals surface area (Å²) in [5.74, 6) is 2.54. The molecule has 1 aliphatic heterocycles. The van der Waals surface area contributed by atoms with Crippen LogP contribution in [0.4, 0.5) is 10.8 Å². The average molecular weight is 419 g/mol. The Morgan fingerprint density at radius 1 is 1.36 bits per heavy atom. The maximum Gasteiger partial charge on any atom is 0.243 e. The van der Waals surface area contributed by atoms with Gasteiger partial charge in [0.1, 0.15) is 0 Å². The van der Waals surface area contributed by atoms with Crippen LogP contribution in [0.5, 0.6) is 0 Å². The Labute approximate surface area is 169 Å². The van der Waals surface area contributed by atoms with Gasteiger partial charge in [-0.3, -0.25) is 14.4 Å². The summed E-state index contributed by atoms with van der Waals surface area (Å²) in [5.41, 5.74) is 2.04. The van der Waals surface area contributed by atoms with E-state index in [0.717, 1.165) is 43.3 Å². The van der Waals surface area contributed by atoms with Gasteiger partial charge >= 0.3 is 0 Å². The molecule has 1 fully saturated rings. The number of carbonyl (C=O) groups is 1. The number of aromatic nitrogens is 1. The van der Waals surface area contributed by atoms with E-state index >= 15 is 0 Å². The number of carbonyl (C=O) groups excluding carboxylic acids is 1. The summed E-state index contributed by atoms with van der Waals surface area (Å²) in [6.07, 6.45) is 9.37. The normalized spacial score (nSPS) is 17.6. The summed E-state index contributed by atoms with van der Waals surface area (Å²) in [7, 11) is -3.31. The van der Waals surface area contributed by atoms with Crippen LogP contribution in [0.15, 0.2) is 29.6 Å². The third-order valence-electron chi connectivity index (χ3n) is 4.43. The molecular formula is C19H22N4O3S2. The highest BCUT2D eigenvalue weighted by Crippen LogP contribution is 2.27. The number of nitrogens with one attached hydrogen (secondary N) is 2. The molecule has 0 bridgehead atoms. The van der Waals surface area contributed by atoms with E-state index in [2.05, 4.69) is 20.9 Å². The van der Waals surface area contributed by atoms with Gasteiger partial charge in [0, 0.05) is 16.6 Å². The monoisotopic (exact) mass is 418 g/mol. The molecule has 1 aromatic heterocycles. The molecule has 1 saturated heterocycles. The number of hydrogen-bond donors (Lipinski definition) is 2. The molecule has 0 spiro atoms. The highest BCUT2D eigenvalue weighted by atomic mass is 32.2. The molecule has 9 heteroatoms. The second-order valence-electron chi connectivity index (χ2n) is 6.66. The number of rotatable bonds is 6. The van der Waals surface area contributed by atoms with E-state index in [0.29, 0.717) is 17.4 Å². The number of thiazole rings is 1. The molecular weight excluding hydrogens is 396 g/mol. The van der Waals surface area contributed by atoms with Gasteiger partial charge < -0.3 is 5.32 Å². The Morgan fingerprint density at radius 2 is 2.11 bits per heavy atom. The first kappa shape index (κ1) is 20.3. The third kappa shape index (κ3) is 5.32. The van der Waals surface area contributed by atoms with Crippen molar-refractivity contribution in [2.75, 3.05) is 29.4 Å². The van der Waals surface area contributed by atoms with E-state index in [1.165, 1.54) is 11.3 Å². The lowest BCUT2D eigenvalue weighted by Crippen LogP contribution is -2.47. The summed E-state index contributed by atoms with van der Waals surface area (Å²) in [5, 5.41) is 5.29. The quantitative estimate of drug-likeness (QED) is 0.704. The number of sulfonamides is 1. The topological polar surface area (TPSA) is 91.4 Å². The molecule has 148 valence electrons. The molecule has 1 amide bonds. The van der Waals surface area contributed by atoms with Crippen molar-refractivity contribution in [1.82, 2.24) is 9.88 Å². The van der Waals surface area contributed by atoms with Crippen molar-refractivity contribution in [2.45, 2.75) is 25.3 Å². The van der Waals surface area contributed by atoms with Crippen molar-refractivity contribution in [3.8, 4) is 23.6 Å². The fourth-order valence-electron chi connectivity index (χ4n) is 3.17. The first-order valence-electron chi connectivity index (χ1n) is 8.88. The largest absolute Gasteiger partial charge is 0.301 e. The highest BCUT2D eigenvalue weighted by Gasteiger charge is 2.28. The Bertz CT molecular complexity index is 977. The fraction of sp³-hybridized carbons (Fsp3) is 0.368. The number of anilines is 2. The van der Waals surface area contributed by atoms with Crippen LogP contribution in [-0.4, -0.2) is 49.6 Å². The zero-order valence-electron chi connectivity index (χ0n) is 15.5. The SMILES string of the molecule is C#CCN1CCCCC1C(=O)Nc1nc(-c2ccc(NS(C)(=O)=O)cc2)cs1. The van der Waals surface area contributed by atoms with E-state index in [4.69, 9.17) is 6.42 Å². The van der Waals surface area contributed by atoms with E-state index in [-0.39, 0.29) is 11.9 Å². The smallest absolute Gasteiger partial charge is 0.243 e. The maximum absolute atomic E-state index is 12.7. The molecule has 2 aromatic rings. The Kier molecular flexibility index (Phi) is 6.34. The van der Waals surface area contributed by atoms with E-state index < -0.39 is 10.0 Å². The Balaban J connectivity index is 1.67. The molecule has 28 heavy (non-hydrogen) atoms. The van der Waals surface area contributed by atoms with Crippen molar-refractivity contribution in [3.05, 3.63) is 29.6 Å². The lowest BCUT2D eigenvalue weighted by Gasteiger charge is -2.32. The summed E-state index contributed by atoms with van der Waals surface area (Å²) < 4.78 is 25.0.